The van der Waals surface area contributed by atoms with Gasteiger partial charge in [-0.15, -0.1) is 0 Å². The van der Waals surface area contributed by atoms with Crippen molar-refractivity contribution in [2.45, 2.75) is 0 Å². The molecule has 0 amide bonds. The summed E-state index contributed by atoms with van der Waals surface area (Å²) in [4.78, 5) is 11.3. The van der Waals surface area contributed by atoms with Gasteiger partial charge in [0.1, 0.15) is 6.07 Å². The second-order valence-corrected chi connectivity index (χ2v) is 4.34. The zero-order chi connectivity index (χ0) is 10.7. The maximum atomic E-state index is 11.3. The van der Waals surface area contributed by atoms with Gasteiger partial charge in [-0.3, -0.25) is 0 Å². The normalized spacial score (nSPS) is 9.29. The van der Waals surface area contributed by atoms with Crippen LogP contribution in [0.15, 0.2) is 16.6 Å². The second-order valence-electron chi connectivity index (χ2n) is 2.39. The van der Waals surface area contributed by atoms with Gasteiger partial charge in [0, 0.05) is 8.04 Å². The van der Waals surface area contributed by atoms with E-state index in [9.17, 15) is 4.79 Å². The average Bonchev–Trinajstić information content (AvgIpc) is 2.20. The van der Waals surface area contributed by atoms with Gasteiger partial charge in [-0.2, -0.15) is 5.26 Å². The van der Waals surface area contributed by atoms with Gasteiger partial charge < -0.3 is 4.74 Å². The van der Waals surface area contributed by atoms with Gasteiger partial charge in [-0.25, -0.2) is 4.79 Å². The Kier molecular flexibility index (Phi) is 3.89. The molecular weight excluding hydrogens is 361 g/mol. The molecule has 0 unspecified atom stereocenters. The molecule has 0 saturated carbocycles. The molecule has 0 aliphatic rings. The van der Waals surface area contributed by atoms with Gasteiger partial charge in [0.2, 0.25) is 0 Å². The Morgan fingerprint density at radius 3 is 2.79 bits per heavy atom. The molecule has 1 rings (SSSR count). The Labute approximate surface area is 103 Å². The summed E-state index contributed by atoms with van der Waals surface area (Å²) in [7, 11) is 1.29. The lowest BCUT2D eigenvalue weighted by atomic mass is 10.1. The topological polar surface area (TPSA) is 50.1 Å². The van der Waals surface area contributed by atoms with Crippen LogP contribution < -0.4 is 0 Å². The van der Waals surface area contributed by atoms with Crippen molar-refractivity contribution in [2.24, 2.45) is 0 Å². The van der Waals surface area contributed by atoms with Crippen molar-refractivity contribution < 1.29 is 9.53 Å². The Hall–Kier alpha value is -0.610. The molecule has 0 heterocycles. The standard InChI is InChI=1S/C9H5BrINO2/c1-14-9(13)5-2-3-7(11)8(10)6(5)4-12/h2-3H,1H3. The van der Waals surface area contributed by atoms with E-state index in [1.807, 2.05) is 6.07 Å². The van der Waals surface area contributed by atoms with Crippen LogP contribution in [-0.2, 0) is 4.74 Å². The Bertz CT molecular complexity index is 426. The van der Waals surface area contributed by atoms with Crippen LogP contribution in [0.2, 0.25) is 0 Å². The van der Waals surface area contributed by atoms with Gasteiger partial charge in [-0.1, -0.05) is 0 Å². The van der Waals surface area contributed by atoms with Crippen LogP contribution in [0.4, 0.5) is 0 Å². The number of nitrogens with zero attached hydrogens (tertiary/aromatic N) is 1. The van der Waals surface area contributed by atoms with Gasteiger partial charge in [0.15, 0.2) is 0 Å². The van der Waals surface area contributed by atoms with E-state index in [0.29, 0.717) is 10.0 Å². The summed E-state index contributed by atoms with van der Waals surface area (Å²) in [6, 6.07) is 5.30. The van der Waals surface area contributed by atoms with Crippen molar-refractivity contribution in [3.05, 3.63) is 31.3 Å². The maximum absolute atomic E-state index is 11.3. The molecule has 14 heavy (non-hydrogen) atoms. The smallest absolute Gasteiger partial charge is 0.339 e. The van der Waals surface area contributed by atoms with Crippen LogP contribution >= 0.6 is 38.5 Å². The molecule has 0 radical (unpaired) electrons. The minimum Gasteiger partial charge on any atom is -0.465 e. The largest absolute Gasteiger partial charge is 0.465 e. The first-order valence-electron chi connectivity index (χ1n) is 3.58. The molecule has 3 nitrogen and oxygen atoms in total. The van der Waals surface area contributed by atoms with E-state index < -0.39 is 5.97 Å². The first-order chi connectivity index (χ1) is 6.61. The highest BCUT2D eigenvalue weighted by Crippen LogP contribution is 2.26. The predicted molar refractivity (Wildman–Crippen MR) is 62.9 cm³/mol. The number of halogens is 2. The molecule has 72 valence electrons. The molecule has 0 bridgehead atoms. The van der Waals surface area contributed by atoms with Crippen LogP contribution in [0.25, 0.3) is 0 Å². The van der Waals surface area contributed by atoms with Crippen molar-refractivity contribution in [2.75, 3.05) is 7.11 Å². The number of hydrogen-bond donors (Lipinski definition) is 0. The van der Waals surface area contributed by atoms with Crippen LogP contribution in [0, 0.1) is 14.9 Å². The fourth-order valence-corrected chi connectivity index (χ4v) is 1.82. The summed E-state index contributed by atoms with van der Waals surface area (Å²) < 4.78 is 6.07. The average molecular weight is 366 g/mol. The van der Waals surface area contributed by atoms with Crippen molar-refractivity contribution in [3.63, 3.8) is 0 Å². The molecule has 1 aromatic rings. The Morgan fingerprint density at radius 1 is 1.64 bits per heavy atom. The summed E-state index contributed by atoms with van der Waals surface area (Å²) in [6.45, 7) is 0. The molecule has 0 atom stereocenters. The molecule has 0 spiro atoms. The van der Waals surface area contributed by atoms with E-state index in [2.05, 4.69) is 43.3 Å². The Morgan fingerprint density at radius 2 is 2.29 bits per heavy atom. The molecule has 0 saturated heterocycles. The predicted octanol–water partition coefficient (Wildman–Crippen LogP) is 2.71. The molecule has 0 aromatic heterocycles. The first kappa shape index (κ1) is 11.5. The van der Waals surface area contributed by atoms with Crippen LogP contribution in [-0.4, -0.2) is 13.1 Å². The van der Waals surface area contributed by atoms with Gasteiger partial charge in [0.25, 0.3) is 0 Å². The van der Waals surface area contributed by atoms with E-state index in [0.717, 1.165) is 3.57 Å². The quantitative estimate of drug-likeness (QED) is 0.568. The maximum Gasteiger partial charge on any atom is 0.339 e. The van der Waals surface area contributed by atoms with Crippen LogP contribution in [0.3, 0.4) is 0 Å². The lowest BCUT2D eigenvalue weighted by Gasteiger charge is -2.04. The zero-order valence-electron chi connectivity index (χ0n) is 7.17. The lowest BCUT2D eigenvalue weighted by molar-refractivity contribution is 0.0600. The minimum absolute atomic E-state index is 0.280. The second kappa shape index (κ2) is 4.75. The third-order valence-corrected chi connectivity index (χ3v) is 4.08. The SMILES string of the molecule is COC(=O)c1ccc(I)c(Br)c1C#N. The highest BCUT2D eigenvalue weighted by molar-refractivity contribution is 14.1. The van der Waals surface area contributed by atoms with E-state index in [-0.39, 0.29) is 5.56 Å². The zero-order valence-corrected chi connectivity index (χ0v) is 10.9. The van der Waals surface area contributed by atoms with Crippen LogP contribution in [0.5, 0.6) is 0 Å². The first-order valence-corrected chi connectivity index (χ1v) is 5.45. The monoisotopic (exact) mass is 365 g/mol. The molecule has 5 heteroatoms. The minimum atomic E-state index is -0.501. The van der Waals surface area contributed by atoms with Crippen molar-refractivity contribution in [1.82, 2.24) is 0 Å². The Balaban J connectivity index is 3.40. The molecular formula is C9H5BrINO2. The number of methoxy groups -OCH3 is 1. The van der Waals surface area contributed by atoms with Gasteiger partial charge in [-0.05, 0) is 50.7 Å². The summed E-state index contributed by atoms with van der Waals surface area (Å²) in [5, 5.41) is 8.88. The van der Waals surface area contributed by atoms with Gasteiger partial charge >= 0.3 is 5.97 Å². The third kappa shape index (κ3) is 2.07. The number of rotatable bonds is 1. The highest BCUT2D eigenvalue weighted by atomic mass is 127. The highest BCUT2D eigenvalue weighted by Gasteiger charge is 2.15. The number of ether oxygens (including phenoxy) is 1. The summed E-state index contributed by atoms with van der Waals surface area (Å²) in [6.07, 6.45) is 0. The number of hydrogen-bond acceptors (Lipinski definition) is 3. The van der Waals surface area contributed by atoms with Crippen molar-refractivity contribution >= 4 is 44.5 Å². The molecule has 1 aromatic carbocycles. The molecule has 0 aliphatic carbocycles. The summed E-state index contributed by atoms with van der Waals surface area (Å²) in [5.41, 5.74) is 0.589. The van der Waals surface area contributed by atoms with E-state index in [4.69, 9.17) is 5.26 Å². The molecule has 0 fully saturated rings. The van der Waals surface area contributed by atoms with E-state index >= 15 is 0 Å². The van der Waals surface area contributed by atoms with Crippen LogP contribution in [0.1, 0.15) is 15.9 Å². The molecule has 0 aliphatic heterocycles. The number of carbonyl (C=O) groups is 1. The van der Waals surface area contributed by atoms with Crippen molar-refractivity contribution in [1.29, 1.82) is 5.26 Å². The number of carbonyl (C=O) groups excluding carboxylic acids is 1. The fraction of sp³-hybridized carbons (Fsp3) is 0.111. The lowest BCUT2D eigenvalue weighted by Crippen LogP contribution is -2.05. The number of nitriles is 1. The summed E-state index contributed by atoms with van der Waals surface area (Å²) >= 11 is 5.33. The number of esters is 1. The summed E-state index contributed by atoms with van der Waals surface area (Å²) in [5.74, 6) is -0.501. The van der Waals surface area contributed by atoms with Gasteiger partial charge in [0.05, 0.1) is 18.2 Å². The fourth-order valence-electron chi connectivity index (χ4n) is 0.940. The van der Waals surface area contributed by atoms with E-state index in [1.54, 1.807) is 12.1 Å². The third-order valence-electron chi connectivity index (χ3n) is 1.61. The van der Waals surface area contributed by atoms with E-state index in [1.165, 1.54) is 7.11 Å². The number of benzene rings is 1. The van der Waals surface area contributed by atoms with Crippen molar-refractivity contribution in [3.8, 4) is 6.07 Å². The molecule has 0 N–H and O–H groups in total.